The van der Waals surface area contributed by atoms with Crippen molar-refractivity contribution < 1.29 is 15.0 Å². The van der Waals surface area contributed by atoms with E-state index in [0.717, 1.165) is 0 Å². The SMILES string of the molecule is CC.CC.CC(=O)c1ccc(O)cc1.Oc1ccccc1. The van der Waals surface area contributed by atoms with Gasteiger partial charge in [-0.25, -0.2) is 0 Å². The van der Waals surface area contributed by atoms with Crippen LogP contribution in [0.3, 0.4) is 0 Å². The standard InChI is InChI=1S/C8H8O2.C6H6O.2C2H6/c1-6(9)7-2-4-8(10)5-3-7;7-6-4-2-1-3-5-6;2*1-2/h2-5,10H,1H3;1-5,7H;2*1-2H3. The van der Waals surface area contributed by atoms with Gasteiger partial charge in [-0.2, -0.15) is 0 Å². The zero-order chi connectivity index (χ0) is 16.7. The first-order valence-electron chi connectivity index (χ1n) is 7.13. The molecular formula is C18H26O3. The molecule has 0 aliphatic heterocycles. The molecule has 0 fully saturated rings. The first kappa shape index (κ1) is 21.0. The van der Waals surface area contributed by atoms with Crippen molar-refractivity contribution in [2.24, 2.45) is 0 Å². The number of carbonyl (C=O) groups is 1. The number of hydrogen-bond acceptors (Lipinski definition) is 3. The van der Waals surface area contributed by atoms with Crippen LogP contribution in [0.15, 0.2) is 54.6 Å². The van der Waals surface area contributed by atoms with Crippen LogP contribution < -0.4 is 0 Å². The molecule has 0 aromatic heterocycles. The van der Waals surface area contributed by atoms with E-state index in [1.807, 2.05) is 33.8 Å². The summed E-state index contributed by atoms with van der Waals surface area (Å²) in [6.45, 7) is 9.49. The molecule has 0 unspecified atom stereocenters. The summed E-state index contributed by atoms with van der Waals surface area (Å²) in [5.74, 6) is 0.521. The predicted molar refractivity (Wildman–Crippen MR) is 88.9 cm³/mol. The lowest BCUT2D eigenvalue weighted by atomic mass is 10.1. The normalized spacial score (nSPS) is 7.86. The molecule has 2 aromatic rings. The smallest absolute Gasteiger partial charge is 0.159 e. The summed E-state index contributed by atoms with van der Waals surface area (Å²) in [7, 11) is 0. The number of phenols is 2. The molecule has 3 nitrogen and oxygen atoms in total. The topological polar surface area (TPSA) is 57.5 Å². The largest absolute Gasteiger partial charge is 0.508 e. The Balaban J connectivity index is 0. The van der Waals surface area contributed by atoms with Crippen LogP contribution >= 0.6 is 0 Å². The molecule has 0 radical (unpaired) electrons. The van der Waals surface area contributed by atoms with E-state index in [1.165, 1.54) is 19.1 Å². The second kappa shape index (κ2) is 14.1. The fourth-order valence-electron chi connectivity index (χ4n) is 1.12. The van der Waals surface area contributed by atoms with E-state index >= 15 is 0 Å². The average Bonchev–Trinajstić information content (AvgIpc) is 2.53. The Kier molecular flexibility index (Phi) is 14.1. The van der Waals surface area contributed by atoms with Crippen molar-refractivity contribution in [3.05, 3.63) is 60.2 Å². The van der Waals surface area contributed by atoms with Gasteiger partial charge in [-0.15, -0.1) is 0 Å². The lowest BCUT2D eigenvalue weighted by Gasteiger charge is -1.93. The van der Waals surface area contributed by atoms with E-state index in [9.17, 15) is 4.79 Å². The van der Waals surface area contributed by atoms with Crippen molar-refractivity contribution in [1.82, 2.24) is 0 Å². The van der Waals surface area contributed by atoms with Crippen LogP contribution in [0.5, 0.6) is 11.5 Å². The lowest BCUT2D eigenvalue weighted by molar-refractivity contribution is 0.101. The van der Waals surface area contributed by atoms with Gasteiger partial charge in [0.15, 0.2) is 5.78 Å². The van der Waals surface area contributed by atoms with Gasteiger partial charge in [0, 0.05) is 5.56 Å². The first-order valence-corrected chi connectivity index (χ1v) is 7.13. The van der Waals surface area contributed by atoms with Crippen LogP contribution in [0.25, 0.3) is 0 Å². The van der Waals surface area contributed by atoms with Crippen molar-refractivity contribution in [3.63, 3.8) is 0 Å². The molecule has 0 atom stereocenters. The van der Waals surface area contributed by atoms with Gasteiger partial charge in [0.25, 0.3) is 0 Å². The third-order valence-electron chi connectivity index (χ3n) is 2.03. The van der Waals surface area contributed by atoms with Crippen LogP contribution in [0.1, 0.15) is 45.0 Å². The monoisotopic (exact) mass is 290 g/mol. The van der Waals surface area contributed by atoms with E-state index in [0.29, 0.717) is 11.3 Å². The summed E-state index contributed by atoms with van der Waals surface area (Å²) in [6, 6.07) is 14.9. The lowest BCUT2D eigenvalue weighted by Crippen LogP contribution is -1.89. The molecule has 0 aliphatic rings. The summed E-state index contributed by atoms with van der Waals surface area (Å²) in [6.07, 6.45) is 0. The minimum atomic E-state index is 0.0139. The van der Waals surface area contributed by atoms with Gasteiger partial charge in [-0.1, -0.05) is 45.9 Å². The molecule has 0 amide bonds. The molecular weight excluding hydrogens is 264 g/mol. The maximum Gasteiger partial charge on any atom is 0.159 e. The Hall–Kier alpha value is -2.29. The number of benzene rings is 2. The van der Waals surface area contributed by atoms with Crippen molar-refractivity contribution >= 4 is 5.78 Å². The summed E-state index contributed by atoms with van der Waals surface area (Å²) in [4.78, 5) is 10.7. The number of para-hydroxylation sites is 1. The predicted octanol–water partition coefficient (Wildman–Crippen LogP) is 5.04. The van der Waals surface area contributed by atoms with Crippen molar-refractivity contribution in [1.29, 1.82) is 0 Å². The molecule has 2 aromatic carbocycles. The summed E-state index contributed by atoms with van der Waals surface area (Å²) in [5, 5.41) is 17.5. The van der Waals surface area contributed by atoms with Crippen LogP contribution in [0.2, 0.25) is 0 Å². The fourth-order valence-corrected chi connectivity index (χ4v) is 1.12. The Morgan fingerprint density at radius 2 is 1.10 bits per heavy atom. The van der Waals surface area contributed by atoms with Crippen molar-refractivity contribution in [3.8, 4) is 11.5 Å². The number of aromatic hydroxyl groups is 2. The molecule has 0 saturated carbocycles. The molecule has 0 aliphatic carbocycles. The van der Waals surface area contributed by atoms with Gasteiger partial charge in [0.1, 0.15) is 11.5 Å². The zero-order valence-electron chi connectivity index (χ0n) is 13.5. The highest BCUT2D eigenvalue weighted by molar-refractivity contribution is 5.94. The first-order chi connectivity index (χ1) is 10.1. The summed E-state index contributed by atoms with van der Waals surface area (Å²) >= 11 is 0. The number of carbonyl (C=O) groups excluding carboxylic acids is 1. The van der Waals surface area contributed by atoms with Crippen LogP contribution in [0.4, 0.5) is 0 Å². The molecule has 0 heterocycles. The third-order valence-corrected chi connectivity index (χ3v) is 2.03. The van der Waals surface area contributed by atoms with Crippen LogP contribution in [0, 0.1) is 0 Å². The highest BCUT2D eigenvalue weighted by Gasteiger charge is 1.96. The summed E-state index contributed by atoms with van der Waals surface area (Å²) in [5.41, 5.74) is 0.623. The van der Waals surface area contributed by atoms with Crippen molar-refractivity contribution in [2.75, 3.05) is 0 Å². The van der Waals surface area contributed by atoms with Crippen molar-refractivity contribution in [2.45, 2.75) is 34.6 Å². The molecule has 3 heteroatoms. The second-order valence-electron chi connectivity index (χ2n) is 3.44. The van der Waals surface area contributed by atoms with Crippen LogP contribution in [-0.4, -0.2) is 16.0 Å². The van der Waals surface area contributed by atoms with E-state index in [-0.39, 0.29) is 11.5 Å². The van der Waals surface area contributed by atoms with Crippen LogP contribution in [-0.2, 0) is 0 Å². The number of hydrogen-bond donors (Lipinski definition) is 2. The molecule has 0 saturated heterocycles. The second-order valence-corrected chi connectivity index (χ2v) is 3.44. The number of rotatable bonds is 1. The highest BCUT2D eigenvalue weighted by Crippen LogP contribution is 2.09. The van der Waals surface area contributed by atoms with E-state index in [2.05, 4.69) is 0 Å². The van der Waals surface area contributed by atoms with E-state index in [4.69, 9.17) is 10.2 Å². The molecule has 0 bridgehead atoms. The minimum Gasteiger partial charge on any atom is -0.508 e. The fraction of sp³-hybridized carbons (Fsp3) is 0.278. The van der Waals surface area contributed by atoms with Gasteiger partial charge >= 0.3 is 0 Å². The highest BCUT2D eigenvalue weighted by atomic mass is 16.3. The Bertz CT molecular complexity index is 462. The molecule has 2 rings (SSSR count). The molecule has 2 N–H and O–H groups in total. The summed E-state index contributed by atoms with van der Waals surface area (Å²) < 4.78 is 0. The quantitative estimate of drug-likeness (QED) is 0.723. The minimum absolute atomic E-state index is 0.0139. The number of ketones is 1. The Labute approximate surface area is 127 Å². The zero-order valence-corrected chi connectivity index (χ0v) is 13.5. The van der Waals surface area contributed by atoms with E-state index < -0.39 is 0 Å². The average molecular weight is 290 g/mol. The number of phenolic OH excluding ortho intramolecular Hbond substituents is 2. The van der Waals surface area contributed by atoms with Gasteiger partial charge in [0.2, 0.25) is 0 Å². The maximum absolute atomic E-state index is 10.7. The Morgan fingerprint density at radius 3 is 1.38 bits per heavy atom. The van der Waals surface area contributed by atoms with Gasteiger partial charge in [-0.3, -0.25) is 4.79 Å². The van der Waals surface area contributed by atoms with Gasteiger partial charge < -0.3 is 10.2 Å². The third kappa shape index (κ3) is 11.3. The maximum atomic E-state index is 10.7. The Morgan fingerprint density at radius 1 is 0.714 bits per heavy atom. The van der Waals surface area contributed by atoms with Gasteiger partial charge in [0.05, 0.1) is 0 Å². The number of Topliss-reactive ketones (excluding diaryl/α,β-unsaturated/α-hetero) is 1. The molecule has 21 heavy (non-hydrogen) atoms. The molecule has 0 spiro atoms. The van der Waals surface area contributed by atoms with Gasteiger partial charge in [-0.05, 0) is 43.3 Å². The molecule has 116 valence electrons. The van der Waals surface area contributed by atoms with E-state index in [1.54, 1.807) is 36.4 Å².